The van der Waals surface area contributed by atoms with Gasteiger partial charge >= 0.3 is 0 Å². The summed E-state index contributed by atoms with van der Waals surface area (Å²) in [5, 5.41) is 2.44. The Bertz CT molecular complexity index is 178. The van der Waals surface area contributed by atoms with Crippen molar-refractivity contribution in [2.45, 2.75) is 19.6 Å². The standard InChI is InChI=1S/C6H9NO2.C4H10O2/c1-2-6(9)7-4-3-5-8;1-4(5-2)6-3/h2,5H,1,3-4H2,(H,7,9);4H,1-3H3. The number of amides is 1. The Morgan fingerprint density at radius 3 is 2.27 bits per heavy atom. The molecule has 0 aliphatic carbocycles. The number of aldehydes is 1. The Kier molecular flexibility index (Phi) is 13.9. The minimum Gasteiger partial charge on any atom is -0.356 e. The van der Waals surface area contributed by atoms with Gasteiger partial charge in [-0.1, -0.05) is 6.58 Å². The zero-order chi connectivity index (χ0) is 12.1. The third-order valence-corrected chi connectivity index (χ3v) is 1.41. The van der Waals surface area contributed by atoms with Gasteiger partial charge in [0.1, 0.15) is 6.29 Å². The highest BCUT2D eigenvalue weighted by Gasteiger charge is 1.89. The van der Waals surface area contributed by atoms with E-state index in [1.165, 1.54) is 6.08 Å². The summed E-state index contributed by atoms with van der Waals surface area (Å²) >= 11 is 0. The van der Waals surface area contributed by atoms with Gasteiger partial charge in [-0.05, 0) is 13.0 Å². The molecule has 1 N–H and O–H groups in total. The molecule has 88 valence electrons. The van der Waals surface area contributed by atoms with Gasteiger partial charge in [0, 0.05) is 27.2 Å². The first kappa shape index (κ1) is 16.2. The van der Waals surface area contributed by atoms with Gasteiger partial charge in [-0.25, -0.2) is 0 Å². The second-order valence-electron chi connectivity index (χ2n) is 2.49. The van der Waals surface area contributed by atoms with Crippen molar-refractivity contribution in [2.75, 3.05) is 20.8 Å². The maximum Gasteiger partial charge on any atom is 0.243 e. The molecule has 0 heterocycles. The van der Waals surface area contributed by atoms with E-state index in [-0.39, 0.29) is 12.2 Å². The van der Waals surface area contributed by atoms with E-state index in [0.717, 1.165) is 6.29 Å². The molecule has 15 heavy (non-hydrogen) atoms. The highest BCUT2D eigenvalue weighted by Crippen LogP contribution is 1.82. The Morgan fingerprint density at radius 1 is 1.47 bits per heavy atom. The zero-order valence-electron chi connectivity index (χ0n) is 9.49. The lowest BCUT2D eigenvalue weighted by Crippen LogP contribution is -2.21. The van der Waals surface area contributed by atoms with E-state index >= 15 is 0 Å². The first-order valence-corrected chi connectivity index (χ1v) is 4.51. The van der Waals surface area contributed by atoms with Gasteiger partial charge in [0.2, 0.25) is 5.91 Å². The normalized spacial score (nSPS) is 8.80. The molecule has 0 saturated heterocycles. The molecule has 0 aromatic rings. The summed E-state index contributed by atoms with van der Waals surface area (Å²) in [5.74, 6) is -0.239. The van der Waals surface area contributed by atoms with E-state index in [1.807, 2.05) is 6.92 Å². The number of carbonyl (C=O) groups is 2. The first-order valence-electron chi connectivity index (χ1n) is 4.51. The molecule has 0 rings (SSSR count). The molecule has 0 fully saturated rings. The second-order valence-corrected chi connectivity index (χ2v) is 2.49. The minimum atomic E-state index is -0.239. The third kappa shape index (κ3) is 15.5. The summed E-state index contributed by atoms with van der Waals surface area (Å²) in [6.45, 7) is 5.47. The molecule has 1 amide bonds. The summed E-state index contributed by atoms with van der Waals surface area (Å²) in [5.41, 5.74) is 0. The summed E-state index contributed by atoms with van der Waals surface area (Å²) in [6.07, 6.45) is 2.22. The van der Waals surface area contributed by atoms with Crippen LogP contribution in [-0.4, -0.2) is 39.2 Å². The number of methoxy groups -OCH3 is 2. The minimum absolute atomic E-state index is 0.0648. The molecule has 0 aromatic heterocycles. The van der Waals surface area contributed by atoms with Gasteiger partial charge in [0.05, 0.1) is 0 Å². The van der Waals surface area contributed by atoms with Crippen molar-refractivity contribution in [1.29, 1.82) is 0 Å². The average molecular weight is 217 g/mol. The lowest BCUT2D eigenvalue weighted by atomic mass is 10.4. The summed E-state index contributed by atoms with van der Waals surface area (Å²) < 4.78 is 9.35. The fraction of sp³-hybridized carbons (Fsp3) is 0.600. The molecule has 0 bridgehead atoms. The molecule has 0 aromatic carbocycles. The fourth-order valence-corrected chi connectivity index (χ4v) is 0.423. The monoisotopic (exact) mass is 217 g/mol. The van der Waals surface area contributed by atoms with Crippen molar-refractivity contribution < 1.29 is 19.1 Å². The van der Waals surface area contributed by atoms with E-state index in [4.69, 9.17) is 0 Å². The third-order valence-electron chi connectivity index (χ3n) is 1.41. The Morgan fingerprint density at radius 2 is 2.00 bits per heavy atom. The smallest absolute Gasteiger partial charge is 0.243 e. The van der Waals surface area contributed by atoms with E-state index in [0.29, 0.717) is 13.0 Å². The van der Waals surface area contributed by atoms with Crippen LogP contribution in [0.1, 0.15) is 13.3 Å². The molecular formula is C10H19NO4. The molecule has 5 heteroatoms. The topological polar surface area (TPSA) is 64.6 Å². The van der Waals surface area contributed by atoms with Crippen molar-refractivity contribution in [3.05, 3.63) is 12.7 Å². The highest BCUT2D eigenvalue weighted by molar-refractivity contribution is 5.86. The van der Waals surface area contributed by atoms with Gasteiger partial charge in [-0.15, -0.1) is 0 Å². The van der Waals surface area contributed by atoms with E-state index in [9.17, 15) is 9.59 Å². The lowest BCUT2D eigenvalue weighted by Gasteiger charge is -2.03. The molecule has 0 spiro atoms. The van der Waals surface area contributed by atoms with Crippen LogP contribution < -0.4 is 5.32 Å². The van der Waals surface area contributed by atoms with Gasteiger partial charge in [0.15, 0.2) is 6.29 Å². The fourth-order valence-electron chi connectivity index (χ4n) is 0.423. The molecule has 0 aliphatic heterocycles. The first-order chi connectivity index (χ1) is 7.12. The van der Waals surface area contributed by atoms with Crippen molar-refractivity contribution in [3.63, 3.8) is 0 Å². The maximum absolute atomic E-state index is 10.3. The number of nitrogens with one attached hydrogen (secondary N) is 1. The van der Waals surface area contributed by atoms with Crippen molar-refractivity contribution in [2.24, 2.45) is 0 Å². The van der Waals surface area contributed by atoms with E-state index in [1.54, 1.807) is 14.2 Å². The summed E-state index contributed by atoms with van der Waals surface area (Å²) in [7, 11) is 3.21. The summed E-state index contributed by atoms with van der Waals surface area (Å²) in [6, 6.07) is 0. The predicted molar refractivity (Wildman–Crippen MR) is 57.4 cm³/mol. The zero-order valence-corrected chi connectivity index (χ0v) is 9.49. The van der Waals surface area contributed by atoms with E-state index in [2.05, 4.69) is 21.4 Å². The number of hydrogen-bond acceptors (Lipinski definition) is 4. The predicted octanol–water partition coefficient (Wildman–Crippen LogP) is 0.503. The quantitative estimate of drug-likeness (QED) is 0.304. The number of rotatable bonds is 6. The average Bonchev–Trinajstić information content (AvgIpc) is 2.28. The van der Waals surface area contributed by atoms with E-state index < -0.39 is 0 Å². The van der Waals surface area contributed by atoms with Gasteiger partial charge in [-0.3, -0.25) is 4.79 Å². The molecule has 0 unspecified atom stereocenters. The molecule has 0 aliphatic rings. The van der Waals surface area contributed by atoms with Crippen LogP contribution in [0.25, 0.3) is 0 Å². The number of hydrogen-bond donors (Lipinski definition) is 1. The molecule has 0 radical (unpaired) electrons. The van der Waals surface area contributed by atoms with Gasteiger partial charge in [0.25, 0.3) is 0 Å². The largest absolute Gasteiger partial charge is 0.356 e. The second kappa shape index (κ2) is 12.8. The highest BCUT2D eigenvalue weighted by atomic mass is 16.7. The van der Waals surface area contributed by atoms with Crippen molar-refractivity contribution in [3.8, 4) is 0 Å². The van der Waals surface area contributed by atoms with Crippen LogP contribution in [0.15, 0.2) is 12.7 Å². The maximum atomic E-state index is 10.3. The Labute approximate surface area is 90.4 Å². The van der Waals surface area contributed by atoms with Crippen LogP contribution in [-0.2, 0) is 19.1 Å². The van der Waals surface area contributed by atoms with Crippen molar-refractivity contribution in [1.82, 2.24) is 5.32 Å². The summed E-state index contributed by atoms with van der Waals surface area (Å²) in [4.78, 5) is 20.0. The molecule has 0 saturated carbocycles. The Hall–Kier alpha value is -1.20. The van der Waals surface area contributed by atoms with Crippen LogP contribution in [0.2, 0.25) is 0 Å². The molecular weight excluding hydrogens is 198 g/mol. The van der Waals surface area contributed by atoms with Crippen LogP contribution in [0, 0.1) is 0 Å². The van der Waals surface area contributed by atoms with Gasteiger partial charge < -0.3 is 19.6 Å². The number of ether oxygens (including phenoxy) is 2. The van der Waals surface area contributed by atoms with Crippen LogP contribution in [0.3, 0.4) is 0 Å². The molecule has 5 nitrogen and oxygen atoms in total. The van der Waals surface area contributed by atoms with Crippen molar-refractivity contribution >= 4 is 12.2 Å². The Balaban J connectivity index is 0. The SMILES string of the molecule is C=CC(=O)NCCC=O.COC(C)OC. The lowest BCUT2D eigenvalue weighted by molar-refractivity contribution is -0.116. The molecule has 0 atom stereocenters. The number of carbonyl (C=O) groups excluding carboxylic acids is 2. The van der Waals surface area contributed by atoms with Gasteiger partial charge in [-0.2, -0.15) is 0 Å². The van der Waals surface area contributed by atoms with Crippen LogP contribution >= 0.6 is 0 Å². The van der Waals surface area contributed by atoms with Crippen LogP contribution in [0.5, 0.6) is 0 Å². The van der Waals surface area contributed by atoms with Crippen LogP contribution in [0.4, 0.5) is 0 Å².